The maximum absolute atomic E-state index is 13.6. The predicted molar refractivity (Wildman–Crippen MR) is 109 cm³/mol. The van der Waals surface area contributed by atoms with Crippen LogP contribution in [0.1, 0.15) is 10.6 Å². The van der Waals surface area contributed by atoms with Crippen molar-refractivity contribution < 1.29 is 13.2 Å². The van der Waals surface area contributed by atoms with Gasteiger partial charge in [0.05, 0.1) is 12.6 Å². The standard InChI is InChI=1S/C20H20N4O3S2/c25-29(26)18-7-4-8-22-20(18)27-17-13-23(14-19-21-9-10-28-19)12-16(17)24(29)11-15-5-2-1-3-6-15/h1-10,16-17H,11-14H2/t16-,17+/m1/s1. The number of thiazole rings is 1. The lowest BCUT2D eigenvalue weighted by Crippen LogP contribution is -2.46. The SMILES string of the molecule is O=S1(=O)c2cccnc2O[C@H]2CN(Cc3nccs3)C[C@H]2N1Cc1ccccc1. The van der Waals surface area contributed by atoms with Gasteiger partial charge in [0.1, 0.15) is 16.0 Å². The van der Waals surface area contributed by atoms with Gasteiger partial charge in [-0.1, -0.05) is 30.3 Å². The minimum absolute atomic E-state index is 0.136. The molecule has 0 bridgehead atoms. The van der Waals surface area contributed by atoms with Gasteiger partial charge in [-0.3, -0.25) is 4.90 Å². The number of pyridine rings is 1. The average molecular weight is 429 g/mol. The third-order valence-corrected chi connectivity index (χ3v) is 7.94. The van der Waals surface area contributed by atoms with Gasteiger partial charge in [0, 0.05) is 37.4 Å². The van der Waals surface area contributed by atoms with Gasteiger partial charge in [-0.25, -0.2) is 18.4 Å². The summed E-state index contributed by atoms with van der Waals surface area (Å²) in [5.41, 5.74) is 0.945. The van der Waals surface area contributed by atoms with Crippen molar-refractivity contribution in [2.24, 2.45) is 0 Å². The number of fused-ring (bicyclic) bond motifs is 2. The average Bonchev–Trinajstić information content (AvgIpc) is 3.36. The maximum atomic E-state index is 13.6. The van der Waals surface area contributed by atoms with Crippen LogP contribution in [0, 0.1) is 0 Å². The number of sulfonamides is 1. The number of ether oxygens (including phenoxy) is 1. The summed E-state index contributed by atoms with van der Waals surface area (Å²) in [6.07, 6.45) is 3.07. The minimum atomic E-state index is -3.75. The second kappa shape index (κ2) is 7.49. The molecular weight excluding hydrogens is 408 g/mol. The van der Waals surface area contributed by atoms with Gasteiger partial charge in [0.25, 0.3) is 0 Å². The zero-order chi connectivity index (χ0) is 19.8. The van der Waals surface area contributed by atoms with E-state index < -0.39 is 10.0 Å². The second-order valence-electron chi connectivity index (χ2n) is 7.19. The first-order valence-electron chi connectivity index (χ1n) is 9.39. The van der Waals surface area contributed by atoms with Crippen LogP contribution in [-0.2, 0) is 23.1 Å². The molecule has 0 aliphatic carbocycles. The van der Waals surface area contributed by atoms with E-state index in [1.54, 1.807) is 40.2 Å². The van der Waals surface area contributed by atoms with E-state index in [0.29, 0.717) is 26.2 Å². The molecule has 29 heavy (non-hydrogen) atoms. The molecule has 2 aliphatic heterocycles. The molecule has 4 heterocycles. The normalized spacial score (nSPS) is 23.7. The third-order valence-electron chi connectivity index (χ3n) is 5.29. The van der Waals surface area contributed by atoms with Crippen LogP contribution in [0.25, 0.3) is 0 Å². The summed E-state index contributed by atoms with van der Waals surface area (Å²) in [5.74, 6) is 0.189. The molecule has 1 fully saturated rings. The third kappa shape index (κ3) is 3.55. The van der Waals surface area contributed by atoms with E-state index in [0.717, 1.165) is 10.6 Å². The Balaban J connectivity index is 1.52. The van der Waals surface area contributed by atoms with Crippen molar-refractivity contribution in [2.75, 3.05) is 13.1 Å². The van der Waals surface area contributed by atoms with E-state index in [9.17, 15) is 8.42 Å². The van der Waals surface area contributed by atoms with Gasteiger partial charge in [-0.2, -0.15) is 4.31 Å². The van der Waals surface area contributed by atoms with E-state index in [4.69, 9.17) is 4.74 Å². The first kappa shape index (κ1) is 18.7. The molecule has 1 aromatic carbocycles. The quantitative estimate of drug-likeness (QED) is 0.635. The summed E-state index contributed by atoms with van der Waals surface area (Å²) in [4.78, 5) is 10.9. The summed E-state index contributed by atoms with van der Waals surface area (Å²) >= 11 is 1.60. The highest BCUT2D eigenvalue weighted by Crippen LogP contribution is 2.36. The van der Waals surface area contributed by atoms with Gasteiger partial charge in [-0.05, 0) is 17.7 Å². The lowest BCUT2D eigenvalue weighted by Gasteiger charge is -2.28. The number of nitrogens with zero attached hydrogens (tertiary/aromatic N) is 4. The molecular formula is C20H20N4O3S2. The number of hydrogen-bond donors (Lipinski definition) is 0. The highest BCUT2D eigenvalue weighted by molar-refractivity contribution is 7.89. The molecule has 0 spiro atoms. The number of rotatable bonds is 4. The monoisotopic (exact) mass is 428 g/mol. The topological polar surface area (TPSA) is 75.6 Å². The van der Waals surface area contributed by atoms with Gasteiger partial charge in [0.2, 0.25) is 15.9 Å². The molecule has 0 unspecified atom stereocenters. The summed E-state index contributed by atoms with van der Waals surface area (Å²) in [6, 6.07) is 12.6. The molecule has 0 N–H and O–H groups in total. The van der Waals surface area contributed by atoms with Crippen molar-refractivity contribution in [3.8, 4) is 5.88 Å². The largest absolute Gasteiger partial charge is 0.470 e. The van der Waals surface area contributed by atoms with Crippen molar-refractivity contribution >= 4 is 21.4 Å². The Kier molecular flexibility index (Phi) is 4.83. The highest BCUT2D eigenvalue weighted by Gasteiger charge is 2.47. The molecule has 1 saturated heterocycles. The summed E-state index contributed by atoms with van der Waals surface area (Å²) in [5, 5.41) is 2.96. The van der Waals surface area contributed by atoms with E-state index in [2.05, 4.69) is 14.9 Å². The lowest BCUT2D eigenvalue weighted by molar-refractivity contribution is 0.144. The van der Waals surface area contributed by atoms with Gasteiger partial charge >= 0.3 is 0 Å². The molecule has 7 nitrogen and oxygen atoms in total. The Morgan fingerprint density at radius 1 is 1.03 bits per heavy atom. The zero-order valence-corrected chi connectivity index (χ0v) is 17.2. The maximum Gasteiger partial charge on any atom is 0.249 e. The summed E-state index contributed by atoms with van der Waals surface area (Å²) in [7, 11) is -3.75. The van der Waals surface area contributed by atoms with E-state index >= 15 is 0 Å². The van der Waals surface area contributed by atoms with E-state index in [1.165, 1.54) is 0 Å². The smallest absolute Gasteiger partial charge is 0.249 e. The summed E-state index contributed by atoms with van der Waals surface area (Å²) < 4.78 is 34.9. The van der Waals surface area contributed by atoms with E-state index in [1.807, 2.05) is 35.7 Å². The molecule has 0 amide bonds. The Morgan fingerprint density at radius 3 is 2.69 bits per heavy atom. The number of hydrogen-bond acceptors (Lipinski definition) is 7. The fourth-order valence-corrected chi connectivity index (χ4v) is 6.31. The molecule has 2 aliphatic rings. The summed E-state index contributed by atoms with van der Waals surface area (Å²) in [6.45, 7) is 2.20. The van der Waals surface area contributed by atoms with E-state index in [-0.39, 0.29) is 22.9 Å². The van der Waals surface area contributed by atoms with Crippen LogP contribution in [0.3, 0.4) is 0 Å². The molecule has 2 atom stereocenters. The number of likely N-dealkylation sites (tertiary alicyclic amines) is 1. The fraction of sp³-hybridized carbons (Fsp3) is 0.300. The van der Waals surface area contributed by atoms with Crippen LogP contribution < -0.4 is 4.74 Å². The van der Waals surface area contributed by atoms with Crippen molar-refractivity contribution in [3.05, 3.63) is 70.8 Å². The molecule has 9 heteroatoms. The van der Waals surface area contributed by atoms with Crippen LogP contribution in [-0.4, -0.2) is 52.8 Å². The number of benzene rings is 1. The zero-order valence-electron chi connectivity index (χ0n) is 15.6. The molecule has 2 aromatic heterocycles. The molecule has 0 saturated carbocycles. The Labute approximate surface area is 173 Å². The predicted octanol–water partition coefficient (Wildman–Crippen LogP) is 2.37. The van der Waals surface area contributed by atoms with Crippen LogP contribution in [0.4, 0.5) is 0 Å². The van der Waals surface area contributed by atoms with Crippen LogP contribution in [0.15, 0.2) is 65.1 Å². The first-order chi connectivity index (χ1) is 14.1. The second-order valence-corrected chi connectivity index (χ2v) is 10.0. The van der Waals surface area contributed by atoms with Gasteiger partial charge < -0.3 is 4.74 Å². The van der Waals surface area contributed by atoms with Crippen molar-refractivity contribution in [1.29, 1.82) is 0 Å². The van der Waals surface area contributed by atoms with Crippen LogP contribution in [0.5, 0.6) is 5.88 Å². The van der Waals surface area contributed by atoms with Crippen molar-refractivity contribution in [2.45, 2.75) is 30.1 Å². The van der Waals surface area contributed by atoms with Crippen LogP contribution >= 0.6 is 11.3 Å². The van der Waals surface area contributed by atoms with Crippen molar-refractivity contribution in [1.82, 2.24) is 19.2 Å². The molecule has 5 rings (SSSR count). The first-order valence-corrected chi connectivity index (χ1v) is 11.7. The number of aromatic nitrogens is 2. The molecule has 0 radical (unpaired) electrons. The molecule has 150 valence electrons. The fourth-order valence-electron chi connectivity index (χ4n) is 3.95. The minimum Gasteiger partial charge on any atom is -0.470 e. The highest BCUT2D eigenvalue weighted by atomic mass is 32.2. The van der Waals surface area contributed by atoms with Gasteiger partial charge in [0.15, 0.2) is 0 Å². The molecule has 3 aromatic rings. The van der Waals surface area contributed by atoms with Gasteiger partial charge in [-0.15, -0.1) is 11.3 Å². The lowest BCUT2D eigenvalue weighted by atomic mass is 10.1. The van der Waals surface area contributed by atoms with Crippen molar-refractivity contribution in [3.63, 3.8) is 0 Å². The van der Waals surface area contributed by atoms with Crippen LogP contribution in [0.2, 0.25) is 0 Å². The Bertz CT molecular complexity index is 1090. The Hall–Kier alpha value is -2.33. The Morgan fingerprint density at radius 2 is 1.90 bits per heavy atom.